The minimum absolute atomic E-state index is 0.0880. The third-order valence-electron chi connectivity index (χ3n) is 2.82. The van der Waals surface area contributed by atoms with Crippen LogP contribution in [0.15, 0.2) is 22.5 Å². The van der Waals surface area contributed by atoms with Gasteiger partial charge in [0.2, 0.25) is 0 Å². The van der Waals surface area contributed by atoms with Gasteiger partial charge in [0.25, 0.3) is 0 Å². The van der Waals surface area contributed by atoms with Crippen molar-refractivity contribution in [3.8, 4) is 0 Å². The Morgan fingerprint density at radius 3 is 2.90 bits per heavy atom. The quantitative estimate of drug-likeness (QED) is 0.776. The number of hydrogen-bond donors (Lipinski definition) is 1. The Hall–Kier alpha value is -1.86. The van der Waals surface area contributed by atoms with Gasteiger partial charge in [0, 0.05) is 11.6 Å². The van der Waals surface area contributed by atoms with Crippen molar-refractivity contribution in [2.75, 3.05) is 13.2 Å². The molecule has 1 aromatic rings. The number of carbonyl (C=O) groups is 2. The summed E-state index contributed by atoms with van der Waals surface area (Å²) in [7, 11) is 0. The fourth-order valence-electron chi connectivity index (χ4n) is 1.88. The van der Waals surface area contributed by atoms with Crippen LogP contribution >= 0.6 is 11.3 Å². The first-order valence-electron chi connectivity index (χ1n) is 6.19. The van der Waals surface area contributed by atoms with Gasteiger partial charge in [-0.3, -0.25) is 14.6 Å². The van der Waals surface area contributed by atoms with Gasteiger partial charge in [-0.1, -0.05) is 0 Å². The zero-order valence-corrected chi connectivity index (χ0v) is 11.9. The summed E-state index contributed by atoms with van der Waals surface area (Å²) in [6.07, 6.45) is 5.01. The SMILES string of the molecule is CCOC(=O)Cc1csc(C2(C(=O)CN)C=CC=N2)n1. The van der Waals surface area contributed by atoms with E-state index in [1.54, 1.807) is 30.7 Å². The van der Waals surface area contributed by atoms with E-state index >= 15 is 0 Å². The molecule has 1 aliphatic heterocycles. The molecule has 1 atom stereocenters. The van der Waals surface area contributed by atoms with Crippen molar-refractivity contribution in [2.45, 2.75) is 18.9 Å². The minimum Gasteiger partial charge on any atom is -0.466 e. The van der Waals surface area contributed by atoms with Gasteiger partial charge < -0.3 is 10.5 Å². The van der Waals surface area contributed by atoms with Gasteiger partial charge in [0.1, 0.15) is 5.01 Å². The molecule has 20 heavy (non-hydrogen) atoms. The predicted molar refractivity (Wildman–Crippen MR) is 75.8 cm³/mol. The van der Waals surface area contributed by atoms with Gasteiger partial charge in [-0.25, -0.2) is 4.98 Å². The van der Waals surface area contributed by atoms with Gasteiger partial charge in [-0.05, 0) is 19.1 Å². The standard InChI is InChI=1S/C13H15N3O3S/c1-2-19-11(18)6-9-8-20-12(16-9)13(10(17)7-14)4-3-5-15-13/h3-5,8H,2,6-7,14H2,1H3. The molecule has 0 spiro atoms. The maximum Gasteiger partial charge on any atom is 0.311 e. The fraction of sp³-hybridized carbons (Fsp3) is 0.385. The normalized spacial score (nSPS) is 20.3. The molecule has 1 aliphatic rings. The van der Waals surface area contributed by atoms with Gasteiger partial charge in [-0.15, -0.1) is 11.3 Å². The van der Waals surface area contributed by atoms with Gasteiger partial charge in [0.05, 0.1) is 25.3 Å². The van der Waals surface area contributed by atoms with Crippen LogP contribution in [-0.2, 0) is 26.3 Å². The monoisotopic (exact) mass is 293 g/mol. The Morgan fingerprint density at radius 2 is 2.30 bits per heavy atom. The molecule has 0 saturated heterocycles. The number of Topliss-reactive ketones (excluding diaryl/α,β-unsaturated/α-hetero) is 1. The smallest absolute Gasteiger partial charge is 0.311 e. The van der Waals surface area contributed by atoms with Crippen LogP contribution in [0.5, 0.6) is 0 Å². The Morgan fingerprint density at radius 1 is 1.50 bits per heavy atom. The highest BCUT2D eigenvalue weighted by atomic mass is 32.1. The lowest BCUT2D eigenvalue weighted by molar-refractivity contribution is -0.142. The zero-order chi connectivity index (χ0) is 14.6. The van der Waals surface area contributed by atoms with Crippen LogP contribution in [0.25, 0.3) is 0 Å². The molecule has 0 radical (unpaired) electrons. The summed E-state index contributed by atoms with van der Waals surface area (Å²) in [6, 6.07) is 0. The maximum absolute atomic E-state index is 12.1. The van der Waals surface area contributed by atoms with E-state index in [9.17, 15) is 9.59 Å². The van der Waals surface area contributed by atoms with Crippen molar-refractivity contribution in [3.63, 3.8) is 0 Å². The second kappa shape index (κ2) is 6.06. The van der Waals surface area contributed by atoms with E-state index in [4.69, 9.17) is 10.5 Å². The van der Waals surface area contributed by atoms with E-state index in [-0.39, 0.29) is 24.7 Å². The van der Waals surface area contributed by atoms with E-state index in [1.165, 1.54) is 11.3 Å². The third-order valence-corrected chi connectivity index (χ3v) is 3.84. The van der Waals surface area contributed by atoms with Crippen LogP contribution in [-0.4, -0.2) is 36.1 Å². The van der Waals surface area contributed by atoms with Crippen molar-refractivity contribution in [3.05, 3.63) is 28.2 Å². The number of nitrogens with two attached hydrogens (primary N) is 1. The van der Waals surface area contributed by atoms with E-state index in [0.29, 0.717) is 17.3 Å². The predicted octanol–water partition coefficient (Wildman–Crippen LogP) is 0.612. The highest BCUT2D eigenvalue weighted by Crippen LogP contribution is 2.33. The molecule has 0 aromatic carbocycles. The summed E-state index contributed by atoms with van der Waals surface area (Å²) < 4.78 is 4.87. The highest BCUT2D eigenvalue weighted by Gasteiger charge is 2.40. The maximum atomic E-state index is 12.1. The molecule has 0 aliphatic carbocycles. The largest absolute Gasteiger partial charge is 0.466 e. The van der Waals surface area contributed by atoms with Crippen LogP contribution in [0.2, 0.25) is 0 Å². The molecule has 2 rings (SSSR count). The van der Waals surface area contributed by atoms with Crippen molar-refractivity contribution in [1.29, 1.82) is 0 Å². The zero-order valence-electron chi connectivity index (χ0n) is 11.0. The first-order chi connectivity index (χ1) is 9.62. The number of ether oxygens (including phenoxy) is 1. The van der Waals surface area contributed by atoms with E-state index in [1.807, 2.05) is 0 Å². The molecule has 2 N–H and O–H groups in total. The summed E-state index contributed by atoms with van der Waals surface area (Å²) in [5.74, 6) is -0.562. The topological polar surface area (TPSA) is 94.6 Å². The molecule has 0 saturated carbocycles. The molecule has 1 unspecified atom stereocenters. The molecule has 7 heteroatoms. The lowest BCUT2D eigenvalue weighted by Gasteiger charge is -2.18. The van der Waals surface area contributed by atoms with Crippen LogP contribution in [0, 0.1) is 0 Å². The third kappa shape index (κ3) is 2.68. The van der Waals surface area contributed by atoms with Crippen LogP contribution in [0.4, 0.5) is 0 Å². The number of aliphatic imine (C=N–C) groups is 1. The molecule has 6 nitrogen and oxygen atoms in total. The number of nitrogens with zero attached hydrogens (tertiary/aromatic N) is 2. The number of hydrogen-bond acceptors (Lipinski definition) is 7. The molecule has 2 heterocycles. The first-order valence-corrected chi connectivity index (χ1v) is 7.07. The molecular weight excluding hydrogens is 278 g/mol. The number of allylic oxidation sites excluding steroid dienone is 1. The van der Waals surface area contributed by atoms with Crippen molar-refractivity contribution < 1.29 is 14.3 Å². The summed E-state index contributed by atoms with van der Waals surface area (Å²) >= 11 is 1.29. The van der Waals surface area contributed by atoms with Crippen LogP contribution in [0.1, 0.15) is 17.6 Å². The lowest BCUT2D eigenvalue weighted by atomic mass is 9.96. The number of rotatable bonds is 6. The molecule has 0 fully saturated rings. The second-order valence-corrected chi connectivity index (χ2v) is 5.01. The Bertz CT molecular complexity index is 565. The first kappa shape index (κ1) is 14.5. The van der Waals surface area contributed by atoms with Gasteiger partial charge in [-0.2, -0.15) is 0 Å². The number of carbonyl (C=O) groups excluding carboxylic acids is 2. The van der Waals surface area contributed by atoms with Crippen LogP contribution < -0.4 is 5.73 Å². The average molecular weight is 293 g/mol. The van der Waals surface area contributed by atoms with E-state index in [2.05, 4.69) is 9.98 Å². The van der Waals surface area contributed by atoms with Gasteiger partial charge >= 0.3 is 5.97 Å². The molecule has 106 valence electrons. The molecular formula is C13H15N3O3S. The average Bonchev–Trinajstić information content (AvgIpc) is 3.07. The summed E-state index contributed by atoms with van der Waals surface area (Å²) in [4.78, 5) is 32.0. The Balaban J connectivity index is 2.23. The molecule has 0 bridgehead atoms. The fourth-order valence-corrected chi connectivity index (χ4v) is 2.84. The number of ketones is 1. The summed E-state index contributed by atoms with van der Waals surface area (Å²) in [5, 5.41) is 2.26. The number of aromatic nitrogens is 1. The molecule has 1 aromatic heterocycles. The van der Waals surface area contributed by atoms with E-state index in [0.717, 1.165) is 0 Å². The summed E-state index contributed by atoms with van der Waals surface area (Å²) in [5.41, 5.74) is 4.90. The van der Waals surface area contributed by atoms with E-state index < -0.39 is 5.54 Å². The number of esters is 1. The van der Waals surface area contributed by atoms with Crippen LogP contribution in [0.3, 0.4) is 0 Å². The summed E-state index contributed by atoms with van der Waals surface area (Å²) in [6.45, 7) is 1.96. The van der Waals surface area contributed by atoms with Crippen molar-refractivity contribution in [2.24, 2.45) is 10.7 Å². The Labute approximate surface area is 120 Å². The Kier molecular flexibility index (Phi) is 4.41. The van der Waals surface area contributed by atoms with Crippen molar-refractivity contribution in [1.82, 2.24) is 4.98 Å². The minimum atomic E-state index is -1.12. The van der Waals surface area contributed by atoms with Gasteiger partial charge in [0.15, 0.2) is 11.3 Å². The van der Waals surface area contributed by atoms with Crippen molar-refractivity contribution >= 4 is 29.3 Å². The highest BCUT2D eigenvalue weighted by molar-refractivity contribution is 7.10. The second-order valence-electron chi connectivity index (χ2n) is 4.16. The number of thiazole rings is 1. The lowest BCUT2D eigenvalue weighted by Crippen LogP contribution is -2.35. The molecule has 0 amide bonds.